The summed E-state index contributed by atoms with van der Waals surface area (Å²) in [7, 11) is 0. The fourth-order valence-electron chi connectivity index (χ4n) is 1.47. The second-order valence-corrected chi connectivity index (χ2v) is 5.33. The van der Waals surface area contributed by atoms with Gasteiger partial charge >= 0.3 is 5.00 Å². The SMILES string of the molecule is CC(NCc1csc([N+](=O)[O-])c1)C(=O)NC1CC1. The lowest BCUT2D eigenvalue weighted by Gasteiger charge is -2.12. The van der Waals surface area contributed by atoms with Gasteiger partial charge in [0.2, 0.25) is 5.91 Å². The summed E-state index contributed by atoms with van der Waals surface area (Å²) in [5.41, 5.74) is 0.831. The van der Waals surface area contributed by atoms with Crippen molar-refractivity contribution in [2.45, 2.75) is 38.4 Å². The Kier molecular flexibility index (Phi) is 3.93. The van der Waals surface area contributed by atoms with Gasteiger partial charge in [-0.25, -0.2) is 0 Å². The van der Waals surface area contributed by atoms with Crippen molar-refractivity contribution in [2.24, 2.45) is 0 Å². The van der Waals surface area contributed by atoms with Crippen molar-refractivity contribution < 1.29 is 9.72 Å². The summed E-state index contributed by atoms with van der Waals surface area (Å²) >= 11 is 1.10. The van der Waals surface area contributed by atoms with Gasteiger partial charge in [0.25, 0.3) is 0 Å². The second-order valence-electron chi connectivity index (χ2n) is 4.44. The van der Waals surface area contributed by atoms with Crippen LogP contribution in [0.2, 0.25) is 0 Å². The van der Waals surface area contributed by atoms with Gasteiger partial charge in [-0.15, -0.1) is 0 Å². The average molecular weight is 269 g/mol. The molecule has 1 aliphatic carbocycles. The predicted octanol–water partition coefficient (Wildman–Crippen LogP) is 1.41. The number of amides is 1. The van der Waals surface area contributed by atoms with Crippen molar-refractivity contribution in [3.63, 3.8) is 0 Å². The number of nitrogens with one attached hydrogen (secondary N) is 2. The van der Waals surface area contributed by atoms with Crippen LogP contribution in [0.5, 0.6) is 0 Å². The highest BCUT2D eigenvalue weighted by molar-refractivity contribution is 7.13. The smallest absolute Gasteiger partial charge is 0.324 e. The molecule has 1 aromatic rings. The summed E-state index contributed by atoms with van der Waals surface area (Å²) < 4.78 is 0. The molecule has 2 rings (SSSR count). The van der Waals surface area contributed by atoms with Crippen molar-refractivity contribution in [3.05, 3.63) is 27.1 Å². The molecule has 7 heteroatoms. The molecule has 0 bridgehead atoms. The molecule has 98 valence electrons. The maximum Gasteiger partial charge on any atom is 0.324 e. The molecule has 0 aliphatic heterocycles. The van der Waals surface area contributed by atoms with E-state index in [0.29, 0.717) is 12.6 Å². The monoisotopic (exact) mass is 269 g/mol. The number of carbonyl (C=O) groups excluding carboxylic acids is 1. The zero-order chi connectivity index (χ0) is 13.1. The summed E-state index contributed by atoms with van der Waals surface area (Å²) in [5, 5.41) is 18.3. The third kappa shape index (κ3) is 3.51. The molecule has 1 unspecified atom stereocenters. The average Bonchev–Trinajstić information content (AvgIpc) is 3.00. The summed E-state index contributed by atoms with van der Waals surface area (Å²) in [6, 6.07) is 1.59. The molecule has 1 saturated carbocycles. The normalized spacial score (nSPS) is 16.3. The molecular weight excluding hydrogens is 254 g/mol. The van der Waals surface area contributed by atoms with Crippen LogP contribution >= 0.6 is 11.3 Å². The molecule has 0 radical (unpaired) electrons. The van der Waals surface area contributed by atoms with E-state index in [0.717, 1.165) is 29.7 Å². The number of thiophene rings is 1. The molecule has 1 aliphatic rings. The van der Waals surface area contributed by atoms with E-state index >= 15 is 0 Å². The topological polar surface area (TPSA) is 84.3 Å². The van der Waals surface area contributed by atoms with E-state index in [4.69, 9.17) is 0 Å². The van der Waals surface area contributed by atoms with Crippen LogP contribution in [0.3, 0.4) is 0 Å². The predicted molar refractivity (Wildman–Crippen MR) is 68.4 cm³/mol. The maximum absolute atomic E-state index is 11.6. The van der Waals surface area contributed by atoms with Crippen molar-refractivity contribution in [1.82, 2.24) is 10.6 Å². The van der Waals surface area contributed by atoms with Crippen LogP contribution in [0.25, 0.3) is 0 Å². The van der Waals surface area contributed by atoms with Crippen LogP contribution < -0.4 is 10.6 Å². The van der Waals surface area contributed by atoms with E-state index in [1.807, 2.05) is 0 Å². The number of carbonyl (C=O) groups is 1. The zero-order valence-corrected chi connectivity index (χ0v) is 10.8. The van der Waals surface area contributed by atoms with Crippen LogP contribution in [0, 0.1) is 10.1 Å². The van der Waals surface area contributed by atoms with Crippen molar-refractivity contribution in [3.8, 4) is 0 Å². The third-order valence-electron chi connectivity index (χ3n) is 2.75. The number of rotatable bonds is 6. The number of nitrogens with zero attached hydrogens (tertiary/aromatic N) is 1. The standard InChI is InChI=1S/C11H15N3O3S/c1-7(11(15)13-9-2-3-9)12-5-8-4-10(14(16)17)18-6-8/h4,6-7,9,12H,2-3,5H2,1H3,(H,13,15). The van der Waals surface area contributed by atoms with E-state index < -0.39 is 4.92 Å². The summed E-state index contributed by atoms with van der Waals surface area (Å²) in [6.45, 7) is 2.25. The van der Waals surface area contributed by atoms with Crippen LogP contribution in [0.1, 0.15) is 25.3 Å². The van der Waals surface area contributed by atoms with Crippen LogP contribution in [0.15, 0.2) is 11.4 Å². The first-order valence-corrected chi connectivity index (χ1v) is 6.70. The van der Waals surface area contributed by atoms with Gasteiger partial charge in [-0.3, -0.25) is 14.9 Å². The van der Waals surface area contributed by atoms with E-state index in [1.54, 1.807) is 12.3 Å². The molecule has 0 aromatic carbocycles. The van der Waals surface area contributed by atoms with Crippen LogP contribution in [-0.4, -0.2) is 22.9 Å². The summed E-state index contributed by atoms with van der Waals surface area (Å²) in [6.07, 6.45) is 2.13. The van der Waals surface area contributed by atoms with Gasteiger partial charge in [0.05, 0.1) is 11.0 Å². The van der Waals surface area contributed by atoms with Gasteiger partial charge in [0.15, 0.2) is 0 Å². The summed E-state index contributed by atoms with van der Waals surface area (Å²) in [5.74, 6) is -0.0118. The van der Waals surface area contributed by atoms with Gasteiger partial charge in [-0.2, -0.15) is 0 Å². The highest BCUT2D eigenvalue weighted by atomic mass is 32.1. The molecule has 1 amide bonds. The lowest BCUT2D eigenvalue weighted by Crippen LogP contribution is -2.42. The molecule has 1 atom stereocenters. The summed E-state index contributed by atoms with van der Waals surface area (Å²) in [4.78, 5) is 21.8. The lowest BCUT2D eigenvalue weighted by atomic mass is 10.2. The Labute approximate surface area is 109 Å². The number of hydrogen-bond donors (Lipinski definition) is 2. The molecule has 6 nitrogen and oxygen atoms in total. The van der Waals surface area contributed by atoms with Gasteiger partial charge in [0, 0.05) is 24.0 Å². The molecule has 1 heterocycles. The Morgan fingerprint density at radius 3 is 2.94 bits per heavy atom. The molecule has 2 N–H and O–H groups in total. The molecular formula is C11H15N3O3S. The number of hydrogen-bond acceptors (Lipinski definition) is 5. The van der Waals surface area contributed by atoms with Crippen molar-refractivity contribution >= 4 is 22.2 Å². The first-order chi connectivity index (χ1) is 8.56. The van der Waals surface area contributed by atoms with E-state index in [1.165, 1.54) is 6.07 Å². The maximum atomic E-state index is 11.6. The zero-order valence-electron chi connectivity index (χ0n) is 10.0. The minimum absolute atomic E-state index is 0.0118. The highest BCUT2D eigenvalue weighted by Gasteiger charge is 2.25. The van der Waals surface area contributed by atoms with Crippen LogP contribution in [0.4, 0.5) is 5.00 Å². The number of nitro groups is 1. The van der Waals surface area contributed by atoms with E-state index in [2.05, 4.69) is 10.6 Å². The fourth-order valence-corrected chi connectivity index (χ4v) is 2.20. The lowest BCUT2D eigenvalue weighted by molar-refractivity contribution is -0.380. The molecule has 0 spiro atoms. The third-order valence-corrected chi connectivity index (χ3v) is 3.68. The van der Waals surface area contributed by atoms with E-state index in [-0.39, 0.29) is 17.0 Å². The van der Waals surface area contributed by atoms with Gasteiger partial charge in [0.1, 0.15) is 0 Å². The minimum atomic E-state index is -0.405. The Hall–Kier alpha value is -1.47. The first kappa shape index (κ1) is 13.0. The highest BCUT2D eigenvalue weighted by Crippen LogP contribution is 2.22. The van der Waals surface area contributed by atoms with Gasteiger partial charge in [-0.05, 0) is 25.3 Å². The molecule has 0 saturated heterocycles. The van der Waals surface area contributed by atoms with Crippen LogP contribution in [-0.2, 0) is 11.3 Å². The van der Waals surface area contributed by atoms with Gasteiger partial charge in [-0.1, -0.05) is 11.3 Å². The van der Waals surface area contributed by atoms with Crippen molar-refractivity contribution in [1.29, 1.82) is 0 Å². The second kappa shape index (κ2) is 5.45. The molecule has 1 fully saturated rings. The first-order valence-electron chi connectivity index (χ1n) is 5.82. The Balaban J connectivity index is 1.78. The molecule has 1 aromatic heterocycles. The Morgan fingerprint density at radius 2 is 2.39 bits per heavy atom. The molecule has 18 heavy (non-hydrogen) atoms. The Bertz CT molecular complexity index is 456. The minimum Gasteiger partial charge on any atom is -0.352 e. The fraction of sp³-hybridized carbons (Fsp3) is 0.545. The van der Waals surface area contributed by atoms with E-state index in [9.17, 15) is 14.9 Å². The Morgan fingerprint density at radius 1 is 1.67 bits per heavy atom. The van der Waals surface area contributed by atoms with Crippen molar-refractivity contribution in [2.75, 3.05) is 0 Å². The largest absolute Gasteiger partial charge is 0.352 e. The van der Waals surface area contributed by atoms with Gasteiger partial charge < -0.3 is 10.6 Å². The quantitative estimate of drug-likeness (QED) is 0.604.